The van der Waals surface area contributed by atoms with E-state index in [0.717, 1.165) is 18.4 Å². The first-order valence-corrected chi connectivity index (χ1v) is 4.24. The molecule has 2 rings (SSSR count). The fraction of sp³-hybridized carbons (Fsp3) is 0.400. The van der Waals surface area contributed by atoms with E-state index in [9.17, 15) is 9.50 Å². The van der Waals surface area contributed by atoms with Gasteiger partial charge in [-0.05, 0) is 30.9 Å². The molecule has 1 unspecified atom stereocenters. The highest BCUT2D eigenvalue weighted by Gasteiger charge is 2.20. The van der Waals surface area contributed by atoms with E-state index >= 15 is 0 Å². The molecule has 1 aromatic rings. The van der Waals surface area contributed by atoms with Crippen LogP contribution in [0.2, 0.25) is 0 Å². The fourth-order valence-electron chi connectivity index (χ4n) is 1.80. The molecule has 1 N–H and O–H groups in total. The molecule has 0 bridgehead atoms. The third kappa shape index (κ3) is 1.12. The highest BCUT2D eigenvalue weighted by atomic mass is 19.1. The number of halogens is 1. The van der Waals surface area contributed by atoms with Gasteiger partial charge in [0.2, 0.25) is 0 Å². The molecular formula is C10H11FO. The van der Waals surface area contributed by atoms with E-state index in [1.807, 2.05) is 6.07 Å². The topological polar surface area (TPSA) is 20.2 Å². The lowest BCUT2D eigenvalue weighted by molar-refractivity contribution is 0.151. The lowest BCUT2D eigenvalue weighted by Gasteiger charge is -2.21. The standard InChI is InChI=1S/C10H11FO/c11-8-5-1-3-7-4-2-6-9(12)10(7)8/h1,3,5,9,12H,2,4,6H2. The molecule has 64 valence electrons. The Balaban J connectivity index is 2.53. The number of aryl methyl sites for hydroxylation is 1. The van der Waals surface area contributed by atoms with Gasteiger partial charge in [0.1, 0.15) is 5.82 Å². The van der Waals surface area contributed by atoms with Gasteiger partial charge in [0.25, 0.3) is 0 Å². The van der Waals surface area contributed by atoms with Gasteiger partial charge in [0, 0.05) is 5.56 Å². The number of aliphatic hydroxyl groups excluding tert-OH is 1. The van der Waals surface area contributed by atoms with Crippen molar-refractivity contribution in [2.75, 3.05) is 0 Å². The third-order valence-electron chi connectivity index (χ3n) is 2.40. The van der Waals surface area contributed by atoms with Crippen LogP contribution in [0, 0.1) is 5.82 Å². The molecule has 2 heteroatoms. The highest BCUT2D eigenvalue weighted by molar-refractivity contribution is 5.32. The van der Waals surface area contributed by atoms with Gasteiger partial charge in [-0.2, -0.15) is 0 Å². The zero-order valence-electron chi connectivity index (χ0n) is 6.76. The molecule has 1 atom stereocenters. The maximum atomic E-state index is 13.2. The van der Waals surface area contributed by atoms with Crippen LogP contribution in [0.1, 0.15) is 30.1 Å². The van der Waals surface area contributed by atoms with Crippen molar-refractivity contribution in [3.05, 3.63) is 35.1 Å². The van der Waals surface area contributed by atoms with Crippen LogP contribution in [0.15, 0.2) is 18.2 Å². The summed E-state index contributed by atoms with van der Waals surface area (Å²) >= 11 is 0. The quantitative estimate of drug-likeness (QED) is 0.626. The van der Waals surface area contributed by atoms with Crippen LogP contribution in [0.25, 0.3) is 0 Å². The largest absolute Gasteiger partial charge is 0.388 e. The molecule has 1 nitrogen and oxygen atoms in total. The van der Waals surface area contributed by atoms with Gasteiger partial charge in [-0.25, -0.2) is 4.39 Å². The van der Waals surface area contributed by atoms with Crippen molar-refractivity contribution in [2.24, 2.45) is 0 Å². The first kappa shape index (κ1) is 7.74. The second-order valence-corrected chi connectivity index (χ2v) is 3.22. The molecule has 0 heterocycles. The van der Waals surface area contributed by atoms with Crippen molar-refractivity contribution in [3.63, 3.8) is 0 Å². The van der Waals surface area contributed by atoms with Gasteiger partial charge in [0.05, 0.1) is 6.10 Å². The average molecular weight is 166 g/mol. The lowest BCUT2D eigenvalue weighted by atomic mass is 9.89. The summed E-state index contributed by atoms with van der Waals surface area (Å²) in [6.45, 7) is 0. The Morgan fingerprint density at radius 1 is 1.42 bits per heavy atom. The van der Waals surface area contributed by atoms with Crippen LogP contribution < -0.4 is 0 Å². The van der Waals surface area contributed by atoms with Gasteiger partial charge in [-0.3, -0.25) is 0 Å². The monoisotopic (exact) mass is 166 g/mol. The second-order valence-electron chi connectivity index (χ2n) is 3.22. The summed E-state index contributed by atoms with van der Waals surface area (Å²) in [5.74, 6) is -0.264. The Labute approximate surface area is 70.8 Å². The van der Waals surface area contributed by atoms with Crippen LogP contribution in [0.3, 0.4) is 0 Å². The van der Waals surface area contributed by atoms with Crippen molar-refractivity contribution >= 4 is 0 Å². The molecule has 0 saturated carbocycles. The number of fused-ring (bicyclic) bond motifs is 1. The van der Waals surface area contributed by atoms with E-state index in [4.69, 9.17) is 0 Å². The third-order valence-corrected chi connectivity index (χ3v) is 2.40. The summed E-state index contributed by atoms with van der Waals surface area (Å²) in [7, 11) is 0. The minimum absolute atomic E-state index is 0.264. The van der Waals surface area contributed by atoms with E-state index in [2.05, 4.69) is 0 Å². The molecule has 12 heavy (non-hydrogen) atoms. The summed E-state index contributed by atoms with van der Waals surface area (Å²) in [6, 6.07) is 5.00. The SMILES string of the molecule is OC1CCCc2cccc(F)c21. The van der Waals surface area contributed by atoms with Crippen molar-refractivity contribution in [2.45, 2.75) is 25.4 Å². The number of benzene rings is 1. The van der Waals surface area contributed by atoms with Crippen molar-refractivity contribution in [3.8, 4) is 0 Å². The van der Waals surface area contributed by atoms with Gasteiger partial charge in [0.15, 0.2) is 0 Å². The van der Waals surface area contributed by atoms with Crippen molar-refractivity contribution < 1.29 is 9.50 Å². The van der Waals surface area contributed by atoms with E-state index in [1.54, 1.807) is 6.07 Å². The van der Waals surface area contributed by atoms with Gasteiger partial charge in [-0.15, -0.1) is 0 Å². The Morgan fingerprint density at radius 3 is 3.00 bits per heavy atom. The van der Waals surface area contributed by atoms with Crippen LogP contribution in [-0.4, -0.2) is 5.11 Å². The molecule has 1 aliphatic rings. The lowest BCUT2D eigenvalue weighted by Crippen LogP contribution is -2.11. The molecule has 0 radical (unpaired) electrons. The fourth-order valence-corrected chi connectivity index (χ4v) is 1.80. The first-order chi connectivity index (χ1) is 5.79. The van der Waals surface area contributed by atoms with E-state index in [1.165, 1.54) is 6.07 Å². The number of rotatable bonds is 0. The number of aliphatic hydroxyl groups is 1. The summed E-state index contributed by atoms with van der Waals surface area (Å²) in [5, 5.41) is 9.50. The summed E-state index contributed by atoms with van der Waals surface area (Å²) < 4.78 is 13.2. The van der Waals surface area contributed by atoms with Gasteiger partial charge in [-0.1, -0.05) is 12.1 Å². The highest BCUT2D eigenvalue weighted by Crippen LogP contribution is 2.31. The average Bonchev–Trinajstić information content (AvgIpc) is 2.04. The van der Waals surface area contributed by atoms with Crippen LogP contribution >= 0.6 is 0 Å². The zero-order chi connectivity index (χ0) is 8.55. The predicted molar refractivity (Wildman–Crippen MR) is 44.3 cm³/mol. The van der Waals surface area contributed by atoms with Crippen molar-refractivity contribution in [1.29, 1.82) is 0 Å². The second kappa shape index (κ2) is 2.87. The smallest absolute Gasteiger partial charge is 0.129 e. The van der Waals surface area contributed by atoms with Gasteiger partial charge < -0.3 is 5.11 Å². The number of hydrogen-bond donors (Lipinski definition) is 1. The summed E-state index contributed by atoms with van der Waals surface area (Å²) in [5.41, 5.74) is 1.48. The van der Waals surface area contributed by atoms with Crippen LogP contribution in [-0.2, 0) is 6.42 Å². The Bertz CT molecular complexity index is 296. The van der Waals surface area contributed by atoms with Crippen molar-refractivity contribution in [1.82, 2.24) is 0 Å². The first-order valence-electron chi connectivity index (χ1n) is 4.24. The Morgan fingerprint density at radius 2 is 2.25 bits per heavy atom. The van der Waals surface area contributed by atoms with Crippen LogP contribution in [0.5, 0.6) is 0 Å². The molecular weight excluding hydrogens is 155 g/mol. The van der Waals surface area contributed by atoms with Gasteiger partial charge >= 0.3 is 0 Å². The minimum atomic E-state index is -0.588. The Hall–Kier alpha value is -0.890. The summed E-state index contributed by atoms with van der Waals surface area (Å²) in [4.78, 5) is 0. The Kier molecular flexibility index (Phi) is 1.85. The molecule has 0 aromatic heterocycles. The van der Waals surface area contributed by atoms with E-state index in [-0.39, 0.29) is 5.82 Å². The number of hydrogen-bond acceptors (Lipinski definition) is 1. The maximum absolute atomic E-state index is 13.2. The molecule has 1 aromatic carbocycles. The molecule has 0 amide bonds. The molecule has 1 aliphatic carbocycles. The molecule has 0 aliphatic heterocycles. The molecule has 0 fully saturated rings. The van der Waals surface area contributed by atoms with E-state index in [0.29, 0.717) is 12.0 Å². The normalized spacial score (nSPS) is 22.0. The maximum Gasteiger partial charge on any atom is 0.129 e. The molecule has 0 spiro atoms. The predicted octanol–water partition coefficient (Wildman–Crippen LogP) is 2.20. The summed E-state index contributed by atoms with van der Waals surface area (Å²) in [6.07, 6.45) is 1.95. The zero-order valence-corrected chi connectivity index (χ0v) is 6.76. The van der Waals surface area contributed by atoms with E-state index < -0.39 is 6.10 Å². The minimum Gasteiger partial charge on any atom is -0.388 e. The molecule has 0 saturated heterocycles. The van der Waals surface area contributed by atoms with Crippen LogP contribution in [0.4, 0.5) is 4.39 Å².